The fourth-order valence-electron chi connectivity index (χ4n) is 4.20. The Morgan fingerprint density at radius 1 is 1.29 bits per heavy atom. The van der Waals surface area contributed by atoms with E-state index in [1.54, 1.807) is 18.4 Å². The van der Waals surface area contributed by atoms with Crippen molar-refractivity contribution in [2.45, 2.75) is 82.0 Å². The third-order valence-electron chi connectivity index (χ3n) is 5.58. The zero-order valence-corrected chi connectivity index (χ0v) is 14.3. The molecule has 0 aromatic carbocycles. The van der Waals surface area contributed by atoms with Crippen molar-refractivity contribution in [2.24, 2.45) is 0 Å². The number of furan rings is 1. The Hall–Kier alpha value is -1.33. The van der Waals surface area contributed by atoms with Gasteiger partial charge in [0, 0.05) is 19.0 Å². The number of carbonyl (C=O) groups excluding carboxylic acids is 1. The molecule has 1 amide bonds. The number of amides is 1. The number of rotatable bonds is 5. The predicted octanol–water partition coefficient (Wildman–Crippen LogP) is 3.17. The molecule has 1 aromatic rings. The Morgan fingerprint density at radius 2 is 2.08 bits per heavy atom. The van der Waals surface area contributed by atoms with Crippen molar-refractivity contribution in [3.8, 4) is 0 Å². The Balaban J connectivity index is 1.66. The Bertz CT molecular complexity index is 521. The second-order valence-electron chi connectivity index (χ2n) is 7.47. The number of nitrogens with zero attached hydrogens (tertiary/aromatic N) is 1. The molecule has 5 heteroatoms. The molecule has 1 saturated heterocycles. The van der Waals surface area contributed by atoms with Crippen LogP contribution in [0.5, 0.6) is 0 Å². The standard InChI is InChI=1S/C19H29NO4/c21-16(17-8-6-12-24-17)13-15-7-2-1-5-11-20(15)18(22)14-19(23)9-3-4-10-19/h6,8,12,15-16,21,23H,1-5,7,9-11,13-14H2. The van der Waals surface area contributed by atoms with E-state index in [1.807, 2.05) is 4.90 Å². The second-order valence-corrected chi connectivity index (χ2v) is 7.47. The molecule has 3 rings (SSSR count). The van der Waals surface area contributed by atoms with Gasteiger partial charge in [0.2, 0.25) is 5.91 Å². The monoisotopic (exact) mass is 335 g/mol. The first-order valence-electron chi connectivity index (χ1n) is 9.31. The largest absolute Gasteiger partial charge is 0.467 e. The maximum absolute atomic E-state index is 12.9. The molecule has 1 saturated carbocycles. The van der Waals surface area contributed by atoms with Crippen LogP contribution >= 0.6 is 0 Å². The van der Waals surface area contributed by atoms with E-state index >= 15 is 0 Å². The first-order valence-corrected chi connectivity index (χ1v) is 9.31. The van der Waals surface area contributed by atoms with E-state index < -0.39 is 11.7 Å². The molecule has 2 atom stereocenters. The van der Waals surface area contributed by atoms with Gasteiger partial charge in [-0.1, -0.05) is 25.7 Å². The maximum atomic E-state index is 12.9. The lowest BCUT2D eigenvalue weighted by atomic mass is 9.95. The molecule has 1 aliphatic carbocycles. The molecule has 0 spiro atoms. The van der Waals surface area contributed by atoms with Crippen LogP contribution in [0.1, 0.15) is 76.1 Å². The van der Waals surface area contributed by atoms with Gasteiger partial charge in [0.05, 0.1) is 18.3 Å². The fraction of sp³-hybridized carbons (Fsp3) is 0.737. The van der Waals surface area contributed by atoms with Crippen molar-refractivity contribution >= 4 is 5.91 Å². The molecule has 2 N–H and O–H groups in total. The van der Waals surface area contributed by atoms with Crippen molar-refractivity contribution in [2.75, 3.05) is 6.54 Å². The van der Waals surface area contributed by atoms with Crippen LogP contribution in [-0.4, -0.2) is 39.2 Å². The number of likely N-dealkylation sites (tertiary alicyclic amines) is 1. The van der Waals surface area contributed by atoms with Gasteiger partial charge in [0.25, 0.3) is 0 Å². The van der Waals surface area contributed by atoms with Crippen LogP contribution in [0, 0.1) is 0 Å². The summed E-state index contributed by atoms with van der Waals surface area (Å²) in [5, 5.41) is 21.0. The van der Waals surface area contributed by atoms with Crippen LogP contribution in [0.4, 0.5) is 0 Å². The summed E-state index contributed by atoms with van der Waals surface area (Å²) in [5.41, 5.74) is -0.812. The Kier molecular flexibility index (Phi) is 5.61. The molecule has 24 heavy (non-hydrogen) atoms. The molecule has 5 nitrogen and oxygen atoms in total. The Labute approximate surface area is 143 Å². The van der Waals surface area contributed by atoms with Crippen molar-refractivity contribution in [1.82, 2.24) is 4.90 Å². The van der Waals surface area contributed by atoms with E-state index in [2.05, 4.69) is 0 Å². The van der Waals surface area contributed by atoms with Gasteiger partial charge in [-0.15, -0.1) is 0 Å². The summed E-state index contributed by atoms with van der Waals surface area (Å²) >= 11 is 0. The van der Waals surface area contributed by atoms with Crippen LogP contribution in [-0.2, 0) is 4.79 Å². The molecular weight excluding hydrogens is 306 g/mol. The van der Waals surface area contributed by atoms with Gasteiger partial charge in [-0.05, 0) is 37.8 Å². The zero-order valence-electron chi connectivity index (χ0n) is 14.3. The lowest BCUT2D eigenvalue weighted by molar-refractivity contribution is -0.139. The van der Waals surface area contributed by atoms with Gasteiger partial charge in [-0.25, -0.2) is 0 Å². The highest BCUT2D eigenvalue weighted by Crippen LogP contribution is 2.34. The van der Waals surface area contributed by atoms with E-state index in [0.29, 0.717) is 12.2 Å². The first kappa shape index (κ1) is 17.5. The summed E-state index contributed by atoms with van der Waals surface area (Å²) < 4.78 is 5.29. The van der Waals surface area contributed by atoms with Crippen molar-refractivity contribution in [1.29, 1.82) is 0 Å². The summed E-state index contributed by atoms with van der Waals surface area (Å²) in [5.74, 6) is 0.596. The number of aliphatic hydroxyl groups is 2. The molecule has 134 valence electrons. The number of carbonyl (C=O) groups is 1. The highest BCUT2D eigenvalue weighted by Gasteiger charge is 2.37. The lowest BCUT2D eigenvalue weighted by Gasteiger charge is -2.33. The Morgan fingerprint density at radius 3 is 2.79 bits per heavy atom. The van der Waals surface area contributed by atoms with E-state index in [9.17, 15) is 15.0 Å². The van der Waals surface area contributed by atoms with Crippen LogP contribution in [0.25, 0.3) is 0 Å². The van der Waals surface area contributed by atoms with Gasteiger partial charge in [-0.3, -0.25) is 4.79 Å². The molecule has 2 aliphatic rings. The van der Waals surface area contributed by atoms with Gasteiger partial charge >= 0.3 is 0 Å². The van der Waals surface area contributed by atoms with E-state index in [4.69, 9.17) is 4.42 Å². The third kappa shape index (κ3) is 4.19. The van der Waals surface area contributed by atoms with Crippen LogP contribution in [0.2, 0.25) is 0 Å². The zero-order chi connectivity index (χ0) is 17.0. The topological polar surface area (TPSA) is 73.9 Å². The molecule has 0 radical (unpaired) electrons. The van der Waals surface area contributed by atoms with Gasteiger partial charge in [0.1, 0.15) is 11.9 Å². The molecule has 2 heterocycles. The first-order chi connectivity index (χ1) is 11.6. The predicted molar refractivity (Wildman–Crippen MR) is 90.3 cm³/mol. The summed E-state index contributed by atoms with van der Waals surface area (Å²) in [6, 6.07) is 3.56. The molecule has 2 unspecified atom stereocenters. The van der Waals surface area contributed by atoms with E-state index in [-0.39, 0.29) is 18.4 Å². The summed E-state index contributed by atoms with van der Waals surface area (Å²) in [7, 11) is 0. The van der Waals surface area contributed by atoms with Gasteiger partial charge in [-0.2, -0.15) is 0 Å². The van der Waals surface area contributed by atoms with Crippen molar-refractivity contribution < 1.29 is 19.4 Å². The number of aliphatic hydroxyl groups excluding tert-OH is 1. The highest BCUT2D eigenvalue weighted by molar-refractivity contribution is 5.77. The molecular formula is C19H29NO4. The average Bonchev–Trinajstić information content (AvgIpc) is 3.16. The van der Waals surface area contributed by atoms with E-state index in [0.717, 1.165) is 57.9 Å². The van der Waals surface area contributed by atoms with Crippen LogP contribution in [0.3, 0.4) is 0 Å². The van der Waals surface area contributed by atoms with E-state index in [1.165, 1.54) is 0 Å². The molecule has 1 aromatic heterocycles. The molecule has 1 aliphatic heterocycles. The molecule has 2 fully saturated rings. The summed E-state index contributed by atoms with van der Waals surface area (Å²) in [6.45, 7) is 0.727. The lowest BCUT2D eigenvalue weighted by Crippen LogP contribution is -2.44. The fourth-order valence-corrected chi connectivity index (χ4v) is 4.20. The van der Waals surface area contributed by atoms with Gasteiger partial charge in [0.15, 0.2) is 0 Å². The summed E-state index contributed by atoms with van der Waals surface area (Å²) in [4.78, 5) is 14.8. The van der Waals surface area contributed by atoms with Crippen LogP contribution < -0.4 is 0 Å². The minimum Gasteiger partial charge on any atom is -0.467 e. The maximum Gasteiger partial charge on any atom is 0.225 e. The SMILES string of the molecule is O=C(CC1(O)CCCC1)N1CCCCCC1CC(O)c1ccco1. The van der Waals surface area contributed by atoms with Gasteiger partial charge < -0.3 is 19.5 Å². The third-order valence-corrected chi connectivity index (χ3v) is 5.58. The van der Waals surface area contributed by atoms with Crippen molar-refractivity contribution in [3.05, 3.63) is 24.2 Å². The van der Waals surface area contributed by atoms with Crippen LogP contribution in [0.15, 0.2) is 22.8 Å². The molecule has 0 bridgehead atoms. The quantitative estimate of drug-likeness (QED) is 0.867. The minimum absolute atomic E-state index is 0.0186. The summed E-state index contributed by atoms with van der Waals surface area (Å²) in [6.07, 6.45) is 9.15. The smallest absolute Gasteiger partial charge is 0.225 e. The second kappa shape index (κ2) is 7.70. The normalized spacial score (nSPS) is 25.4. The average molecular weight is 335 g/mol. The minimum atomic E-state index is -0.812. The van der Waals surface area contributed by atoms with Crippen molar-refractivity contribution in [3.63, 3.8) is 0 Å². The number of hydrogen-bond donors (Lipinski definition) is 2. The highest BCUT2D eigenvalue weighted by atomic mass is 16.4. The number of hydrogen-bond acceptors (Lipinski definition) is 4.